The summed E-state index contributed by atoms with van der Waals surface area (Å²) in [5.41, 5.74) is 3.03. The van der Waals surface area contributed by atoms with Crippen LogP contribution in [0.1, 0.15) is 45.4 Å². The molecule has 2 unspecified atom stereocenters. The molecule has 2 atom stereocenters. The van der Waals surface area contributed by atoms with Gasteiger partial charge in [-0.05, 0) is 45.7 Å². The molecule has 5 heteroatoms. The van der Waals surface area contributed by atoms with Gasteiger partial charge in [0.25, 0.3) is 0 Å². The predicted octanol–water partition coefficient (Wildman–Crippen LogP) is 1.44. The third kappa shape index (κ3) is 4.27. The van der Waals surface area contributed by atoms with Crippen molar-refractivity contribution in [1.29, 1.82) is 0 Å². The lowest BCUT2D eigenvalue weighted by molar-refractivity contribution is -0.145. The van der Waals surface area contributed by atoms with E-state index in [0.717, 1.165) is 45.3 Å². The Kier molecular flexibility index (Phi) is 6.18. The minimum absolute atomic E-state index is 0.0751. The Morgan fingerprint density at radius 3 is 2.29 bits per heavy atom. The molecule has 2 aliphatic rings. The van der Waals surface area contributed by atoms with Gasteiger partial charge < -0.3 is 4.90 Å². The number of amides is 1. The maximum absolute atomic E-state index is 12.7. The quantitative estimate of drug-likeness (QED) is 0.753. The molecule has 0 aromatic rings. The second kappa shape index (κ2) is 7.90. The number of likely N-dealkylation sites (tertiary alicyclic amines) is 1. The number of carbonyl (C=O) groups is 2. The number of ketones is 1. The van der Waals surface area contributed by atoms with Crippen molar-refractivity contribution in [3.8, 4) is 0 Å². The lowest BCUT2D eigenvalue weighted by Crippen LogP contribution is -2.50. The molecule has 0 aromatic heterocycles. The number of nitrogens with zero attached hydrogens (tertiary/aromatic N) is 2. The first-order chi connectivity index (χ1) is 10.1. The van der Waals surface area contributed by atoms with E-state index in [2.05, 4.69) is 10.3 Å². The molecule has 0 radical (unpaired) electrons. The zero-order valence-corrected chi connectivity index (χ0v) is 13.4. The molecule has 1 N–H and O–H groups in total. The average molecular weight is 295 g/mol. The van der Waals surface area contributed by atoms with E-state index in [1.54, 1.807) is 19.0 Å². The summed E-state index contributed by atoms with van der Waals surface area (Å²) in [4.78, 5) is 26.9. The molecule has 0 bridgehead atoms. The van der Waals surface area contributed by atoms with Crippen LogP contribution in [-0.2, 0) is 9.59 Å². The van der Waals surface area contributed by atoms with Gasteiger partial charge in [0.15, 0.2) is 0 Å². The zero-order chi connectivity index (χ0) is 15.2. The average Bonchev–Trinajstić information content (AvgIpc) is 3.01. The van der Waals surface area contributed by atoms with Gasteiger partial charge in [0, 0.05) is 25.4 Å². The van der Waals surface area contributed by atoms with Crippen molar-refractivity contribution >= 4 is 11.7 Å². The molecule has 1 amide bonds. The molecule has 1 aliphatic heterocycles. The number of hydrogen-bond donors (Lipinski definition) is 1. The second-order valence-electron chi connectivity index (χ2n) is 6.37. The van der Waals surface area contributed by atoms with Crippen molar-refractivity contribution in [3.63, 3.8) is 0 Å². The van der Waals surface area contributed by atoms with Gasteiger partial charge in [-0.25, -0.2) is 5.43 Å². The summed E-state index contributed by atoms with van der Waals surface area (Å²) in [5.74, 6) is 0.0800. The highest BCUT2D eigenvalue weighted by molar-refractivity contribution is 5.87. The molecule has 120 valence electrons. The first kappa shape index (κ1) is 16.4. The van der Waals surface area contributed by atoms with Crippen LogP contribution in [-0.4, -0.2) is 54.8 Å². The Balaban J connectivity index is 1.92. The van der Waals surface area contributed by atoms with Crippen LogP contribution < -0.4 is 5.43 Å². The van der Waals surface area contributed by atoms with E-state index in [0.29, 0.717) is 6.54 Å². The maximum Gasteiger partial charge on any atom is 0.240 e. The summed E-state index contributed by atoms with van der Waals surface area (Å²) in [5, 5.41) is 1.73. The van der Waals surface area contributed by atoms with E-state index in [1.165, 1.54) is 12.8 Å². The number of rotatable bonds is 6. The lowest BCUT2D eigenvalue weighted by atomic mass is 9.76. The molecule has 0 aromatic carbocycles. The van der Waals surface area contributed by atoms with E-state index < -0.39 is 0 Å². The molecule has 21 heavy (non-hydrogen) atoms. The summed E-state index contributed by atoms with van der Waals surface area (Å²) in [6, 6.07) is 0. The van der Waals surface area contributed by atoms with Gasteiger partial charge in [-0.1, -0.05) is 12.8 Å². The Morgan fingerprint density at radius 1 is 1.10 bits per heavy atom. The van der Waals surface area contributed by atoms with Crippen molar-refractivity contribution < 1.29 is 9.59 Å². The van der Waals surface area contributed by atoms with Gasteiger partial charge in [-0.2, -0.15) is 0 Å². The standard InChI is InChI=1S/C16H29N3O2/c1-13(20)14-7-3-4-8-15(14)16(21)19(17-2)12-11-18-9-5-6-10-18/h14-15,17H,3-12H2,1-2H3. The molecule has 1 aliphatic carbocycles. The van der Waals surface area contributed by atoms with Crippen LogP contribution in [0.4, 0.5) is 0 Å². The van der Waals surface area contributed by atoms with Crippen molar-refractivity contribution in [2.24, 2.45) is 11.8 Å². The highest BCUT2D eigenvalue weighted by atomic mass is 16.2. The Bertz CT molecular complexity index is 367. The van der Waals surface area contributed by atoms with Crippen LogP contribution in [0.15, 0.2) is 0 Å². The summed E-state index contributed by atoms with van der Waals surface area (Å²) < 4.78 is 0. The number of hydrogen-bond acceptors (Lipinski definition) is 4. The Morgan fingerprint density at radius 2 is 1.71 bits per heavy atom. The van der Waals surface area contributed by atoms with Crippen molar-refractivity contribution in [2.75, 3.05) is 33.2 Å². The third-order valence-corrected chi connectivity index (χ3v) is 4.98. The maximum atomic E-state index is 12.7. The molecule has 5 nitrogen and oxygen atoms in total. The van der Waals surface area contributed by atoms with Gasteiger partial charge in [-0.15, -0.1) is 0 Å². The van der Waals surface area contributed by atoms with E-state index in [9.17, 15) is 9.59 Å². The lowest BCUT2D eigenvalue weighted by Gasteiger charge is -2.33. The van der Waals surface area contributed by atoms with Crippen molar-refractivity contribution in [2.45, 2.75) is 45.4 Å². The minimum atomic E-state index is -0.123. The third-order valence-electron chi connectivity index (χ3n) is 4.98. The van der Waals surface area contributed by atoms with E-state index >= 15 is 0 Å². The van der Waals surface area contributed by atoms with Gasteiger partial charge in [0.05, 0.1) is 6.54 Å². The van der Waals surface area contributed by atoms with Gasteiger partial charge in [0.2, 0.25) is 5.91 Å². The van der Waals surface area contributed by atoms with Gasteiger partial charge in [-0.3, -0.25) is 14.6 Å². The SMILES string of the molecule is CNN(CCN1CCCC1)C(=O)C1CCCCC1C(C)=O. The van der Waals surface area contributed by atoms with E-state index in [4.69, 9.17) is 0 Å². The molecular weight excluding hydrogens is 266 g/mol. The Hall–Kier alpha value is -0.940. The summed E-state index contributed by atoms with van der Waals surface area (Å²) in [7, 11) is 1.80. The fraction of sp³-hybridized carbons (Fsp3) is 0.875. The number of hydrazine groups is 1. The number of carbonyl (C=O) groups excluding carboxylic acids is 2. The second-order valence-corrected chi connectivity index (χ2v) is 6.37. The van der Waals surface area contributed by atoms with Crippen LogP contribution in [0.3, 0.4) is 0 Å². The zero-order valence-electron chi connectivity index (χ0n) is 13.4. The normalized spacial score (nSPS) is 26.8. The van der Waals surface area contributed by atoms with Crippen LogP contribution in [0, 0.1) is 11.8 Å². The van der Waals surface area contributed by atoms with E-state index in [-0.39, 0.29) is 23.5 Å². The van der Waals surface area contributed by atoms with E-state index in [1.807, 2.05) is 0 Å². The smallest absolute Gasteiger partial charge is 0.240 e. The monoisotopic (exact) mass is 295 g/mol. The molecule has 1 saturated heterocycles. The molecular formula is C16H29N3O2. The molecule has 0 spiro atoms. The highest BCUT2D eigenvalue weighted by Crippen LogP contribution is 2.31. The molecule has 1 heterocycles. The number of nitrogens with one attached hydrogen (secondary N) is 1. The van der Waals surface area contributed by atoms with Crippen LogP contribution in [0.5, 0.6) is 0 Å². The van der Waals surface area contributed by atoms with Crippen molar-refractivity contribution in [1.82, 2.24) is 15.3 Å². The predicted molar refractivity (Wildman–Crippen MR) is 82.6 cm³/mol. The minimum Gasteiger partial charge on any atom is -0.302 e. The summed E-state index contributed by atoms with van der Waals surface area (Å²) >= 11 is 0. The van der Waals surface area contributed by atoms with Gasteiger partial charge >= 0.3 is 0 Å². The molecule has 2 rings (SSSR count). The first-order valence-corrected chi connectivity index (χ1v) is 8.35. The molecule has 1 saturated carbocycles. The molecule has 2 fully saturated rings. The largest absolute Gasteiger partial charge is 0.302 e. The van der Waals surface area contributed by atoms with Crippen LogP contribution >= 0.6 is 0 Å². The van der Waals surface area contributed by atoms with Crippen LogP contribution in [0.25, 0.3) is 0 Å². The number of Topliss-reactive ketones (excluding diaryl/α,β-unsaturated/α-hetero) is 1. The summed E-state index contributed by atoms with van der Waals surface area (Å²) in [6.07, 6.45) is 6.39. The fourth-order valence-electron chi connectivity index (χ4n) is 3.69. The fourth-order valence-corrected chi connectivity index (χ4v) is 3.69. The summed E-state index contributed by atoms with van der Waals surface area (Å²) in [6.45, 7) is 5.54. The Labute approximate surface area is 128 Å². The first-order valence-electron chi connectivity index (χ1n) is 8.35. The highest BCUT2D eigenvalue weighted by Gasteiger charge is 2.36. The van der Waals surface area contributed by atoms with Gasteiger partial charge in [0.1, 0.15) is 5.78 Å². The van der Waals surface area contributed by atoms with Crippen LogP contribution in [0.2, 0.25) is 0 Å². The topological polar surface area (TPSA) is 52.6 Å². The van der Waals surface area contributed by atoms with Crippen molar-refractivity contribution in [3.05, 3.63) is 0 Å².